The van der Waals surface area contributed by atoms with E-state index in [0.29, 0.717) is 0 Å². The second kappa shape index (κ2) is 3.27. The molecule has 0 aromatic heterocycles. The van der Waals surface area contributed by atoms with Crippen molar-refractivity contribution in [2.45, 2.75) is 0 Å². The van der Waals surface area contributed by atoms with Crippen LogP contribution in [0.25, 0.3) is 0 Å². The molecule has 8 heteroatoms. The Labute approximate surface area is 96.7 Å². The molecule has 0 unspecified atom stereocenters. The zero-order valence-electron chi connectivity index (χ0n) is 4.97. The molecule has 0 aromatic rings. The minimum Gasteiger partial charge on any atom is -0.593 e. The second-order valence-electron chi connectivity index (χ2n) is 1.35. The largest absolute Gasteiger partial charge is 1.00 e. The summed E-state index contributed by atoms with van der Waals surface area (Å²) in [6.07, 6.45) is 0. The summed E-state index contributed by atoms with van der Waals surface area (Å²) >= 11 is 0. The van der Waals surface area contributed by atoms with E-state index in [1.165, 1.54) is 0 Å². The molecule has 0 aliphatic carbocycles. The predicted octanol–water partition coefficient (Wildman–Crippen LogP) is -3.54. The van der Waals surface area contributed by atoms with Crippen LogP contribution in [0.3, 0.4) is 0 Å². The first-order valence-electron chi connectivity index (χ1n) is 1.97. The van der Waals surface area contributed by atoms with Crippen molar-refractivity contribution < 1.29 is 78.9 Å². The SMILES string of the molecule is O=C1O[B-](F)(F)OC1=O.[K+]. The summed E-state index contributed by atoms with van der Waals surface area (Å²) in [6.45, 7) is 0. The normalized spacial score (nSPS) is 21.0. The Hall–Kier alpha value is 0.501. The molecule has 1 heterocycles. The molecule has 0 radical (unpaired) electrons. The number of hydrogen-bond acceptors (Lipinski definition) is 4. The van der Waals surface area contributed by atoms with E-state index in [4.69, 9.17) is 0 Å². The topological polar surface area (TPSA) is 52.6 Å². The van der Waals surface area contributed by atoms with Crippen molar-refractivity contribution in [3.05, 3.63) is 0 Å². The summed E-state index contributed by atoms with van der Waals surface area (Å²) in [4.78, 5) is 19.7. The molecule has 1 rings (SSSR count). The van der Waals surface area contributed by atoms with Gasteiger partial charge in [-0.3, -0.25) is 0 Å². The molecule has 0 bridgehead atoms. The third-order valence-electron chi connectivity index (χ3n) is 0.655. The molecule has 1 aliphatic heterocycles. The maximum Gasteiger partial charge on any atom is 1.00 e. The molecular formula is C2BF2KO4. The van der Waals surface area contributed by atoms with Gasteiger partial charge in [-0.1, -0.05) is 0 Å². The van der Waals surface area contributed by atoms with Crippen LogP contribution in [0, 0.1) is 0 Å². The van der Waals surface area contributed by atoms with Crippen LogP contribution in [0.1, 0.15) is 0 Å². The van der Waals surface area contributed by atoms with Gasteiger partial charge in [0, 0.05) is 0 Å². The molecule has 0 saturated carbocycles. The Morgan fingerprint density at radius 1 is 1.10 bits per heavy atom. The molecule has 1 saturated heterocycles. The van der Waals surface area contributed by atoms with Gasteiger partial charge in [-0.15, -0.1) is 0 Å². The Bertz CT molecular complexity index is 164. The van der Waals surface area contributed by atoms with Crippen LogP contribution in [-0.2, 0) is 18.9 Å². The average Bonchev–Trinajstić information content (AvgIpc) is 1.79. The number of carbonyl (C=O) groups excluding carboxylic acids is 2. The molecule has 0 N–H and O–H groups in total. The van der Waals surface area contributed by atoms with Crippen LogP contribution >= 0.6 is 0 Å². The summed E-state index contributed by atoms with van der Waals surface area (Å²) in [7, 11) is -4.65. The van der Waals surface area contributed by atoms with E-state index in [1.807, 2.05) is 0 Å². The molecule has 0 aromatic carbocycles. The zero-order valence-corrected chi connectivity index (χ0v) is 8.09. The Morgan fingerprint density at radius 3 is 1.50 bits per heavy atom. The first-order valence-corrected chi connectivity index (χ1v) is 1.97. The first kappa shape index (κ1) is 10.5. The van der Waals surface area contributed by atoms with E-state index in [0.717, 1.165) is 0 Å². The van der Waals surface area contributed by atoms with Gasteiger partial charge in [0.25, 0.3) is 0 Å². The summed E-state index contributed by atoms with van der Waals surface area (Å²) < 4.78 is 29.6. The van der Waals surface area contributed by atoms with Crippen molar-refractivity contribution >= 4 is 19.0 Å². The smallest absolute Gasteiger partial charge is 0.593 e. The second-order valence-corrected chi connectivity index (χ2v) is 1.35. The van der Waals surface area contributed by atoms with Gasteiger partial charge < -0.3 is 17.9 Å². The van der Waals surface area contributed by atoms with Gasteiger partial charge in [-0.25, -0.2) is 9.59 Å². The van der Waals surface area contributed by atoms with Crippen molar-refractivity contribution in [1.29, 1.82) is 0 Å². The van der Waals surface area contributed by atoms with Crippen LogP contribution in [-0.4, -0.2) is 19.0 Å². The van der Waals surface area contributed by atoms with Gasteiger partial charge in [0.2, 0.25) is 0 Å². The van der Waals surface area contributed by atoms with Crippen molar-refractivity contribution in [2.24, 2.45) is 0 Å². The predicted molar refractivity (Wildman–Crippen MR) is 20.2 cm³/mol. The third kappa shape index (κ3) is 2.27. The van der Waals surface area contributed by atoms with E-state index >= 15 is 0 Å². The van der Waals surface area contributed by atoms with E-state index < -0.39 is 19.0 Å². The van der Waals surface area contributed by atoms with E-state index in [9.17, 15) is 18.2 Å². The van der Waals surface area contributed by atoms with Gasteiger partial charge in [0.05, 0.1) is 0 Å². The average molecular weight is 176 g/mol. The first-order chi connectivity index (χ1) is 4.01. The Morgan fingerprint density at radius 2 is 1.40 bits per heavy atom. The number of hydrogen-bond donors (Lipinski definition) is 0. The van der Waals surface area contributed by atoms with Crippen molar-refractivity contribution in [3.63, 3.8) is 0 Å². The third-order valence-corrected chi connectivity index (χ3v) is 0.655. The maximum absolute atomic E-state index is 11.6. The molecule has 4 nitrogen and oxygen atoms in total. The van der Waals surface area contributed by atoms with Gasteiger partial charge in [-0.2, -0.15) is 0 Å². The fourth-order valence-electron chi connectivity index (χ4n) is 0.370. The van der Waals surface area contributed by atoms with Crippen molar-refractivity contribution in [3.8, 4) is 0 Å². The Balaban J connectivity index is 0.000000810. The maximum atomic E-state index is 11.6. The van der Waals surface area contributed by atoms with E-state index in [1.54, 1.807) is 0 Å². The van der Waals surface area contributed by atoms with Crippen LogP contribution in [0.4, 0.5) is 8.63 Å². The van der Waals surface area contributed by atoms with Gasteiger partial charge >= 0.3 is 70.4 Å². The molecule has 10 heavy (non-hydrogen) atoms. The van der Waals surface area contributed by atoms with Crippen LogP contribution < -0.4 is 51.4 Å². The van der Waals surface area contributed by atoms with Crippen molar-refractivity contribution in [1.82, 2.24) is 0 Å². The quantitative estimate of drug-likeness (QED) is 0.283. The zero-order chi connectivity index (χ0) is 7.07. The van der Waals surface area contributed by atoms with E-state index in [-0.39, 0.29) is 51.4 Å². The monoisotopic (exact) mass is 176 g/mol. The van der Waals surface area contributed by atoms with Gasteiger partial charge in [0.1, 0.15) is 0 Å². The standard InChI is InChI=1S/C2BF2O4.K/c4-3(5)8-1(6)2(7)9-3;/q-1;+1. The number of rotatable bonds is 0. The van der Waals surface area contributed by atoms with Crippen LogP contribution in [0.15, 0.2) is 0 Å². The molecule has 50 valence electrons. The molecular weight excluding hydrogens is 176 g/mol. The summed E-state index contributed by atoms with van der Waals surface area (Å²) in [5, 5.41) is 0. The van der Waals surface area contributed by atoms with Gasteiger partial charge in [-0.05, 0) is 0 Å². The van der Waals surface area contributed by atoms with E-state index in [2.05, 4.69) is 9.31 Å². The van der Waals surface area contributed by atoms with Gasteiger partial charge in [0.15, 0.2) is 0 Å². The minimum atomic E-state index is -4.65. The molecule has 1 aliphatic rings. The molecule has 1 fully saturated rings. The fraction of sp³-hybridized carbons (Fsp3) is 0. The molecule has 0 atom stereocenters. The minimum absolute atomic E-state index is 0. The Kier molecular flexibility index (Phi) is 3.43. The molecule has 0 spiro atoms. The van der Waals surface area contributed by atoms with Crippen molar-refractivity contribution in [2.75, 3.05) is 0 Å². The summed E-state index contributed by atoms with van der Waals surface area (Å²) in [5.41, 5.74) is 0. The number of halogens is 2. The van der Waals surface area contributed by atoms with Crippen LogP contribution in [0.5, 0.6) is 0 Å². The molecule has 0 amide bonds. The number of carbonyl (C=O) groups is 2. The fourth-order valence-corrected chi connectivity index (χ4v) is 0.370. The summed E-state index contributed by atoms with van der Waals surface area (Å²) in [5.74, 6) is -3.28. The van der Waals surface area contributed by atoms with Crippen LogP contribution in [0.2, 0.25) is 0 Å². The summed E-state index contributed by atoms with van der Waals surface area (Å²) in [6, 6.07) is 0.